The third-order valence-electron chi connectivity index (χ3n) is 3.09. The van der Waals surface area contributed by atoms with E-state index in [4.69, 9.17) is 11.6 Å². The highest BCUT2D eigenvalue weighted by molar-refractivity contribution is 6.30. The molecule has 0 amide bonds. The van der Waals surface area contributed by atoms with Crippen molar-refractivity contribution in [3.8, 4) is 11.6 Å². The van der Waals surface area contributed by atoms with Crippen LogP contribution in [0.3, 0.4) is 0 Å². The molecule has 1 aromatic heterocycles. The number of para-hydroxylation sites is 1. The molecule has 22 heavy (non-hydrogen) atoms. The Morgan fingerprint density at radius 2 is 1.77 bits per heavy atom. The summed E-state index contributed by atoms with van der Waals surface area (Å²) < 4.78 is 1.36. The Bertz CT molecular complexity index is 865. The highest BCUT2D eigenvalue weighted by Gasteiger charge is 2.12. The predicted octanol–water partition coefficient (Wildman–Crippen LogP) is 3.28. The summed E-state index contributed by atoms with van der Waals surface area (Å²) in [5.41, 5.74) is 1.16. The van der Waals surface area contributed by atoms with Gasteiger partial charge in [0.1, 0.15) is 5.69 Å². The topological polar surface area (TPSA) is 70.4 Å². The quantitative estimate of drug-likeness (QED) is 0.728. The first-order valence-electron chi connectivity index (χ1n) is 6.54. The van der Waals surface area contributed by atoms with Gasteiger partial charge < -0.3 is 5.11 Å². The lowest BCUT2D eigenvalue weighted by Gasteiger charge is -2.03. The Balaban J connectivity index is 2.04. The zero-order valence-corrected chi connectivity index (χ0v) is 12.2. The molecule has 0 radical (unpaired) electrons. The molecule has 6 heteroatoms. The molecule has 0 spiro atoms. The number of aromatic hydroxyl groups is 1. The summed E-state index contributed by atoms with van der Waals surface area (Å²) in [5, 5.41) is 10.5. The molecule has 0 fully saturated rings. The van der Waals surface area contributed by atoms with Crippen LogP contribution in [0.5, 0.6) is 5.88 Å². The van der Waals surface area contributed by atoms with Crippen molar-refractivity contribution in [3.63, 3.8) is 0 Å². The first kappa shape index (κ1) is 14.2. The van der Waals surface area contributed by atoms with Crippen molar-refractivity contribution in [1.29, 1.82) is 0 Å². The van der Waals surface area contributed by atoms with Gasteiger partial charge >= 0.3 is 5.69 Å². The summed E-state index contributed by atoms with van der Waals surface area (Å²) in [7, 11) is 0. The van der Waals surface area contributed by atoms with Crippen molar-refractivity contribution in [3.05, 3.63) is 75.8 Å². The van der Waals surface area contributed by atoms with Crippen molar-refractivity contribution in [2.45, 2.75) is 0 Å². The Morgan fingerprint density at radius 1 is 1.09 bits per heavy atom. The van der Waals surface area contributed by atoms with E-state index in [0.29, 0.717) is 16.4 Å². The van der Waals surface area contributed by atoms with Gasteiger partial charge in [0.15, 0.2) is 0 Å². The number of aromatic nitrogens is 2. The van der Waals surface area contributed by atoms with Crippen LogP contribution in [0.25, 0.3) is 5.69 Å². The number of benzene rings is 2. The number of nitrogens with zero attached hydrogens (tertiary/aromatic N) is 2. The van der Waals surface area contributed by atoms with Crippen LogP contribution >= 0.6 is 11.6 Å². The molecule has 0 unspecified atom stereocenters. The fourth-order valence-corrected chi connectivity index (χ4v) is 2.18. The van der Waals surface area contributed by atoms with Crippen molar-refractivity contribution < 1.29 is 5.11 Å². The SMILES string of the molecule is O=c1[nH]c(O)c(C=Nc2ccc(Cl)cc2)n1-c1ccccc1. The van der Waals surface area contributed by atoms with E-state index >= 15 is 0 Å². The number of hydrogen-bond donors (Lipinski definition) is 2. The summed E-state index contributed by atoms with van der Waals surface area (Å²) in [6.07, 6.45) is 1.43. The minimum atomic E-state index is -0.429. The standard InChI is InChI=1S/C16H12ClN3O2/c17-11-6-8-12(9-7-11)18-10-14-15(21)19-16(22)20(14)13-4-2-1-3-5-13/h1-10,21H,(H,19,22). The molecular formula is C16H12ClN3O2. The minimum Gasteiger partial charge on any atom is -0.493 e. The fourth-order valence-electron chi connectivity index (χ4n) is 2.05. The summed E-state index contributed by atoms with van der Waals surface area (Å²) in [5.74, 6) is -0.230. The van der Waals surface area contributed by atoms with E-state index in [1.165, 1.54) is 10.8 Å². The summed E-state index contributed by atoms with van der Waals surface area (Å²) in [6.45, 7) is 0. The normalized spacial score (nSPS) is 11.1. The lowest BCUT2D eigenvalue weighted by atomic mass is 10.3. The molecule has 3 aromatic rings. The van der Waals surface area contributed by atoms with E-state index in [1.807, 2.05) is 18.2 Å². The molecule has 0 atom stereocenters. The van der Waals surface area contributed by atoms with Gasteiger partial charge in [-0.05, 0) is 36.4 Å². The van der Waals surface area contributed by atoms with E-state index in [9.17, 15) is 9.90 Å². The van der Waals surface area contributed by atoms with Crippen molar-refractivity contribution >= 4 is 23.5 Å². The largest absolute Gasteiger partial charge is 0.493 e. The molecule has 3 rings (SSSR count). The van der Waals surface area contributed by atoms with Crippen LogP contribution in [0.2, 0.25) is 5.02 Å². The third kappa shape index (κ3) is 2.80. The molecule has 1 heterocycles. The van der Waals surface area contributed by atoms with Crippen LogP contribution in [0.15, 0.2) is 64.4 Å². The van der Waals surface area contributed by atoms with E-state index in [0.717, 1.165) is 0 Å². The fraction of sp³-hybridized carbons (Fsp3) is 0. The van der Waals surface area contributed by atoms with Gasteiger partial charge in [0.05, 0.1) is 17.6 Å². The second kappa shape index (κ2) is 5.91. The lowest BCUT2D eigenvalue weighted by molar-refractivity contribution is 0.454. The predicted molar refractivity (Wildman–Crippen MR) is 86.8 cm³/mol. The van der Waals surface area contributed by atoms with Crippen LogP contribution in [0, 0.1) is 0 Å². The van der Waals surface area contributed by atoms with Crippen molar-refractivity contribution in [1.82, 2.24) is 9.55 Å². The van der Waals surface area contributed by atoms with E-state index in [2.05, 4.69) is 9.98 Å². The Morgan fingerprint density at radius 3 is 2.45 bits per heavy atom. The van der Waals surface area contributed by atoms with E-state index in [1.54, 1.807) is 36.4 Å². The number of hydrogen-bond acceptors (Lipinski definition) is 3. The van der Waals surface area contributed by atoms with Crippen LogP contribution in [-0.4, -0.2) is 20.9 Å². The van der Waals surface area contributed by atoms with Gasteiger partial charge in [0.2, 0.25) is 5.88 Å². The first-order valence-corrected chi connectivity index (χ1v) is 6.92. The number of nitrogens with one attached hydrogen (secondary N) is 1. The maximum absolute atomic E-state index is 12.0. The molecule has 0 aliphatic heterocycles. The van der Waals surface area contributed by atoms with Gasteiger partial charge in [-0.15, -0.1) is 0 Å². The Hall–Kier alpha value is -2.79. The highest BCUT2D eigenvalue weighted by atomic mass is 35.5. The average Bonchev–Trinajstić information content (AvgIpc) is 2.81. The number of H-pyrrole nitrogens is 1. The number of aliphatic imine (C=N–C) groups is 1. The van der Waals surface area contributed by atoms with E-state index in [-0.39, 0.29) is 11.6 Å². The molecule has 0 bridgehead atoms. The molecular weight excluding hydrogens is 302 g/mol. The summed E-state index contributed by atoms with van der Waals surface area (Å²) >= 11 is 5.82. The third-order valence-corrected chi connectivity index (χ3v) is 3.34. The van der Waals surface area contributed by atoms with Gasteiger partial charge in [-0.3, -0.25) is 14.5 Å². The second-order valence-electron chi connectivity index (χ2n) is 4.57. The van der Waals surface area contributed by atoms with Crippen molar-refractivity contribution in [2.24, 2.45) is 4.99 Å². The molecule has 0 aliphatic carbocycles. The summed E-state index contributed by atoms with van der Waals surface area (Å²) in [4.78, 5) is 18.6. The average molecular weight is 314 g/mol. The van der Waals surface area contributed by atoms with Gasteiger partial charge in [-0.25, -0.2) is 4.79 Å². The maximum Gasteiger partial charge on any atom is 0.333 e. The van der Waals surface area contributed by atoms with Gasteiger partial charge in [-0.1, -0.05) is 29.8 Å². The Kier molecular flexibility index (Phi) is 3.80. The highest BCUT2D eigenvalue weighted by Crippen LogP contribution is 2.18. The maximum atomic E-state index is 12.0. The van der Waals surface area contributed by atoms with Gasteiger partial charge in [0.25, 0.3) is 0 Å². The number of imidazole rings is 1. The monoisotopic (exact) mass is 313 g/mol. The zero-order chi connectivity index (χ0) is 15.5. The minimum absolute atomic E-state index is 0.230. The molecule has 2 N–H and O–H groups in total. The lowest BCUT2D eigenvalue weighted by Crippen LogP contribution is -2.16. The Labute approximate surface area is 131 Å². The van der Waals surface area contributed by atoms with E-state index < -0.39 is 5.69 Å². The molecule has 0 saturated heterocycles. The smallest absolute Gasteiger partial charge is 0.333 e. The molecule has 2 aromatic carbocycles. The first-order chi connectivity index (χ1) is 10.6. The number of rotatable bonds is 3. The molecule has 0 saturated carbocycles. The molecule has 0 aliphatic rings. The van der Waals surface area contributed by atoms with Crippen LogP contribution in [0.1, 0.15) is 5.69 Å². The number of halogens is 1. The second-order valence-corrected chi connectivity index (χ2v) is 5.01. The number of aromatic amines is 1. The van der Waals surface area contributed by atoms with Crippen molar-refractivity contribution in [2.75, 3.05) is 0 Å². The van der Waals surface area contributed by atoms with Crippen LogP contribution in [-0.2, 0) is 0 Å². The van der Waals surface area contributed by atoms with Gasteiger partial charge in [-0.2, -0.15) is 0 Å². The molecule has 5 nitrogen and oxygen atoms in total. The molecule has 110 valence electrons. The zero-order valence-electron chi connectivity index (χ0n) is 11.4. The van der Waals surface area contributed by atoms with Gasteiger partial charge in [0, 0.05) is 5.02 Å². The van der Waals surface area contributed by atoms with Crippen LogP contribution in [0.4, 0.5) is 5.69 Å². The summed E-state index contributed by atoms with van der Waals surface area (Å²) in [6, 6.07) is 15.9. The van der Waals surface area contributed by atoms with Crippen LogP contribution < -0.4 is 5.69 Å².